The first kappa shape index (κ1) is 16.0. The van der Waals surface area contributed by atoms with Crippen LogP contribution in [0, 0.1) is 6.92 Å². The zero-order valence-electron chi connectivity index (χ0n) is 13.7. The minimum atomic E-state index is -0.308. The molecule has 0 saturated carbocycles. The Balaban J connectivity index is 1.98. The largest absolute Gasteiger partial charge is 0.466 e. The number of aromatic nitrogens is 3. The third-order valence-electron chi connectivity index (χ3n) is 3.88. The number of carbonyl (C=O) groups is 1. The van der Waals surface area contributed by atoms with E-state index in [4.69, 9.17) is 4.74 Å². The van der Waals surface area contributed by atoms with Crippen LogP contribution in [0.15, 0.2) is 41.2 Å². The van der Waals surface area contributed by atoms with Gasteiger partial charge in [-0.1, -0.05) is 30.3 Å². The summed E-state index contributed by atoms with van der Waals surface area (Å²) in [5.41, 5.74) is 3.36. The number of nitrogens with one attached hydrogen (secondary N) is 1. The smallest absolute Gasteiger partial charge is 0.306 e. The van der Waals surface area contributed by atoms with Gasteiger partial charge in [0.05, 0.1) is 12.3 Å². The maximum Gasteiger partial charge on any atom is 0.306 e. The number of carbonyl (C=O) groups excluding carboxylic acids is 1. The predicted molar refractivity (Wildman–Crippen MR) is 90.9 cm³/mol. The maximum absolute atomic E-state index is 12.7. The van der Waals surface area contributed by atoms with Crippen LogP contribution in [0.2, 0.25) is 0 Å². The number of hydrogen-bond donors (Lipinski definition) is 1. The third-order valence-corrected chi connectivity index (χ3v) is 3.88. The van der Waals surface area contributed by atoms with Crippen molar-refractivity contribution in [2.24, 2.45) is 0 Å². The van der Waals surface area contributed by atoms with E-state index in [1.54, 1.807) is 13.8 Å². The lowest BCUT2D eigenvalue weighted by Crippen LogP contribution is -2.22. The molecule has 2 heterocycles. The lowest BCUT2D eigenvalue weighted by molar-refractivity contribution is -0.143. The van der Waals surface area contributed by atoms with Crippen molar-refractivity contribution in [1.29, 1.82) is 0 Å². The van der Waals surface area contributed by atoms with E-state index >= 15 is 0 Å². The van der Waals surface area contributed by atoms with Crippen LogP contribution in [0.25, 0.3) is 16.9 Å². The Morgan fingerprint density at radius 1 is 1.29 bits per heavy atom. The second-order valence-electron chi connectivity index (χ2n) is 5.52. The van der Waals surface area contributed by atoms with Crippen molar-refractivity contribution >= 4 is 11.6 Å². The molecule has 0 unspecified atom stereocenters. The van der Waals surface area contributed by atoms with Crippen molar-refractivity contribution in [3.63, 3.8) is 0 Å². The highest BCUT2D eigenvalue weighted by Crippen LogP contribution is 2.18. The van der Waals surface area contributed by atoms with Gasteiger partial charge in [-0.05, 0) is 25.8 Å². The summed E-state index contributed by atoms with van der Waals surface area (Å²) in [5.74, 6) is -0.308. The van der Waals surface area contributed by atoms with E-state index in [9.17, 15) is 9.59 Å². The van der Waals surface area contributed by atoms with Crippen LogP contribution in [-0.2, 0) is 16.0 Å². The first-order chi connectivity index (χ1) is 11.6. The maximum atomic E-state index is 12.7. The van der Waals surface area contributed by atoms with Gasteiger partial charge in [0.1, 0.15) is 0 Å². The van der Waals surface area contributed by atoms with Gasteiger partial charge in [0.15, 0.2) is 5.65 Å². The summed E-state index contributed by atoms with van der Waals surface area (Å²) >= 11 is 0. The number of aromatic amines is 1. The number of ether oxygens (including phenoxy) is 1. The summed E-state index contributed by atoms with van der Waals surface area (Å²) in [5, 5.41) is 3.09. The highest BCUT2D eigenvalue weighted by atomic mass is 16.5. The van der Waals surface area contributed by atoms with Gasteiger partial charge in [-0.3, -0.25) is 14.7 Å². The lowest BCUT2D eigenvalue weighted by atomic mass is 10.1. The molecule has 0 bridgehead atoms. The van der Waals surface area contributed by atoms with Gasteiger partial charge >= 0.3 is 5.97 Å². The molecule has 24 heavy (non-hydrogen) atoms. The Morgan fingerprint density at radius 3 is 2.75 bits per heavy atom. The standard InChI is InChI=1S/C18H19N3O3/c1-3-24-17(22)10-9-14-12(2)19-16-11-15(20-21(16)18(14)23)13-7-5-4-6-8-13/h4-8,11,20H,3,9-10H2,1-2H3. The second kappa shape index (κ2) is 6.70. The summed E-state index contributed by atoms with van der Waals surface area (Å²) in [6.07, 6.45) is 0.489. The van der Waals surface area contributed by atoms with Gasteiger partial charge < -0.3 is 4.74 Å². The number of hydrogen-bond acceptors (Lipinski definition) is 4. The minimum Gasteiger partial charge on any atom is -0.466 e. The normalized spacial score (nSPS) is 10.9. The number of fused-ring (bicyclic) bond motifs is 1. The highest BCUT2D eigenvalue weighted by molar-refractivity contribution is 5.69. The summed E-state index contributed by atoms with van der Waals surface area (Å²) in [7, 11) is 0. The minimum absolute atomic E-state index is 0.171. The number of H-pyrrole nitrogens is 1. The summed E-state index contributed by atoms with van der Waals surface area (Å²) in [6.45, 7) is 3.89. The fourth-order valence-electron chi connectivity index (χ4n) is 2.68. The fourth-order valence-corrected chi connectivity index (χ4v) is 2.68. The van der Waals surface area contributed by atoms with Gasteiger partial charge in [-0.2, -0.15) is 0 Å². The molecule has 1 N–H and O–H groups in total. The molecule has 2 aromatic heterocycles. The quantitative estimate of drug-likeness (QED) is 0.731. The average molecular weight is 325 g/mol. The van der Waals surface area contributed by atoms with Crippen molar-refractivity contribution in [3.05, 3.63) is 58.0 Å². The van der Waals surface area contributed by atoms with Crippen LogP contribution < -0.4 is 5.56 Å². The molecule has 0 aliphatic carbocycles. The van der Waals surface area contributed by atoms with Gasteiger partial charge in [0, 0.05) is 23.7 Å². The Morgan fingerprint density at radius 2 is 2.04 bits per heavy atom. The molecule has 6 nitrogen and oxygen atoms in total. The zero-order valence-corrected chi connectivity index (χ0v) is 13.7. The Hall–Kier alpha value is -2.89. The molecular formula is C18H19N3O3. The van der Waals surface area contributed by atoms with Crippen molar-refractivity contribution in [2.45, 2.75) is 26.7 Å². The SMILES string of the molecule is CCOC(=O)CCc1c(C)nc2cc(-c3ccccc3)[nH]n2c1=O. The number of aryl methyl sites for hydroxylation is 1. The first-order valence-electron chi connectivity index (χ1n) is 7.92. The van der Waals surface area contributed by atoms with Gasteiger partial charge in [0.2, 0.25) is 0 Å². The van der Waals surface area contributed by atoms with E-state index in [0.29, 0.717) is 29.9 Å². The Labute approximate surface area is 139 Å². The first-order valence-corrected chi connectivity index (χ1v) is 7.92. The molecule has 0 fully saturated rings. The third kappa shape index (κ3) is 3.08. The molecule has 0 amide bonds. The molecule has 124 valence electrons. The molecular weight excluding hydrogens is 306 g/mol. The molecule has 0 aliphatic rings. The van der Waals surface area contributed by atoms with Crippen molar-refractivity contribution in [3.8, 4) is 11.3 Å². The Bertz CT molecular complexity index is 926. The van der Waals surface area contributed by atoms with Crippen LogP contribution in [0.1, 0.15) is 24.6 Å². The van der Waals surface area contributed by atoms with Crippen molar-refractivity contribution in [1.82, 2.24) is 14.6 Å². The van der Waals surface area contributed by atoms with E-state index in [0.717, 1.165) is 11.3 Å². The topological polar surface area (TPSA) is 76.5 Å². The summed E-state index contributed by atoms with van der Waals surface area (Å²) < 4.78 is 6.34. The van der Waals surface area contributed by atoms with Gasteiger partial charge in [-0.25, -0.2) is 9.50 Å². The van der Waals surface area contributed by atoms with Gasteiger partial charge in [-0.15, -0.1) is 0 Å². The average Bonchev–Trinajstić information content (AvgIpc) is 3.00. The molecule has 0 radical (unpaired) electrons. The van der Waals surface area contributed by atoms with Crippen LogP contribution in [0.5, 0.6) is 0 Å². The molecule has 0 atom stereocenters. The molecule has 0 aliphatic heterocycles. The zero-order chi connectivity index (χ0) is 17.1. The summed E-state index contributed by atoms with van der Waals surface area (Å²) in [6, 6.07) is 11.6. The highest BCUT2D eigenvalue weighted by Gasteiger charge is 2.14. The molecule has 3 aromatic rings. The molecule has 6 heteroatoms. The van der Waals surface area contributed by atoms with Crippen LogP contribution in [0.3, 0.4) is 0 Å². The molecule has 3 rings (SSSR count). The van der Waals surface area contributed by atoms with Crippen LogP contribution in [-0.4, -0.2) is 27.2 Å². The number of benzene rings is 1. The number of rotatable bonds is 5. The summed E-state index contributed by atoms with van der Waals surface area (Å²) in [4.78, 5) is 28.7. The monoisotopic (exact) mass is 325 g/mol. The number of esters is 1. The molecule has 0 saturated heterocycles. The van der Waals surface area contributed by atoms with Gasteiger partial charge in [0.25, 0.3) is 5.56 Å². The van der Waals surface area contributed by atoms with E-state index < -0.39 is 0 Å². The lowest BCUT2D eigenvalue weighted by Gasteiger charge is -2.05. The van der Waals surface area contributed by atoms with E-state index in [1.165, 1.54) is 4.52 Å². The Kier molecular flexibility index (Phi) is 4.46. The number of nitrogens with zero attached hydrogens (tertiary/aromatic N) is 2. The van der Waals surface area contributed by atoms with E-state index in [2.05, 4.69) is 10.1 Å². The molecule has 0 spiro atoms. The van der Waals surface area contributed by atoms with E-state index in [1.807, 2.05) is 36.4 Å². The van der Waals surface area contributed by atoms with Crippen molar-refractivity contribution in [2.75, 3.05) is 6.61 Å². The fraction of sp³-hybridized carbons (Fsp3) is 0.278. The van der Waals surface area contributed by atoms with E-state index in [-0.39, 0.29) is 17.9 Å². The van der Waals surface area contributed by atoms with Crippen LogP contribution in [0.4, 0.5) is 0 Å². The predicted octanol–water partition coefficient (Wildman–Crippen LogP) is 2.49. The molecule has 1 aromatic carbocycles. The van der Waals surface area contributed by atoms with Crippen LogP contribution >= 0.6 is 0 Å². The van der Waals surface area contributed by atoms with Crippen molar-refractivity contribution < 1.29 is 9.53 Å². The second-order valence-corrected chi connectivity index (χ2v) is 5.52.